The number of benzene rings is 1. The van der Waals surface area contributed by atoms with E-state index in [0.717, 1.165) is 11.1 Å². The molecule has 0 saturated heterocycles. The molecule has 0 aliphatic heterocycles. The molecule has 1 amide bonds. The summed E-state index contributed by atoms with van der Waals surface area (Å²) in [5.74, 6) is -0.00185. The molecule has 0 radical (unpaired) electrons. The Morgan fingerprint density at radius 3 is 2.29 bits per heavy atom. The number of hydrogen-bond donors (Lipinski definition) is 3. The van der Waals surface area contributed by atoms with Crippen LogP contribution in [0.15, 0.2) is 24.3 Å². The quantitative estimate of drug-likeness (QED) is 0.707. The monoisotopic (exact) mass is 236 g/mol. The Morgan fingerprint density at radius 2 is 1.82 bits per heavy atom. The third-order valence-corrected chi connectivity index (χ3v) is 2.69. The third-order valence-electron chi connectivity index (χ3n) is 2.69. The maximum atomic E-state index is 11.6. The fourth-order valence-corrected chi connectivity index (χ4v) is 1.37. The van der Waals surface area contributed by atoms with E-state index in [-0.39, 0.29) is 18.4 Å². The number of carbonyl (C=O) groups is 1. The largest absolute Gasteiger partial charge is 0.392 e. The Morgan fingerprint density at radius 1 is 1.29 bits per heavy atom. The molecule has 17 heavy (non-hydrogen) atoms. The number of carbonyl (C=O) groups excluding carboxylic acids is 1. The lowest BCUT2D eigenvalue weighted by molar-refractivity contribution is -0.123. The summed E-state index contributed by atoms with van der Waals surface area (Å²) in [6, 6.07) is 6.97. The number of amides is 1. The minimum Gasteiger partial charge on any atom is -0.392 e. The normalized spacial score (nSPS) is 12.5. The van der Waals surface area contributed by atoms with Crippen LogP contribution in [0.1, 0.15) is 25.0 Å². The van der Waals surface area contributed by atoms with Crippen LogP contribution in [0.4, 0.5) is 0 Å². The SMILES string of the molecule is CC(C)[C@H](N)C(=O)NCc1ccc(CO)cc1. The van der Waals surface area contributed by atoms with Gasteiger partial charge in [0.05, 0.1) is 12.6 Å². The summed E-state index contributed by atoms with van der Waals surface area (Å²) in [6.07, 6.45) is 0. The molecule has 4 nitrogen and oxygen atoms in total. The molecule has 1 aromatic rings. The lowest BCUT2D eigenvalue weighted by Crippen LogP contribution is -2.43. The number of nitrogens with one attached hydrogen (secondary N) is 1. The van der Waals surface area contributed by atoms with Crippen molar-refractivity contribution in [3.63, 3.8) is 0 Å². The third kappa shape index (κ3) is 4.17. The van der Waals surface area contributed by atoms with E-state index in [1.54, 1.807) is 0 Å². The van der Waals surface area contributed by atoms with Crippen molar-refractivity contribution < 1.29 is 9.90 Å². The Labute approximate surface area is 102 Å². The highest BCUT2D eigenvalue weighted by molar-refractivity contribution is 5.81. The molecule has 94 valence electrons. The first-order valence-electron chi connectivity index (χ1n) is 5.76. The maximum absolute atomic E-state index is 11.6. The van der Waals surface area contributed by atoms with Crippen molar-refractivity contribution in [3.05, 3.63) is 35.4 Å². The highest BCUT2D eigenvalue weighted by Crippen LogP contribution is 2.04. The number of nitrogens with two attached hydrogens (primary N) is 1. The first kappa shape index (κ1) is 13.7. The van der Waals surface area contributed by atoms with E-state index in [2.05, 4.69) is 5.32 Å². The van der Waals surface area contributed by atoms with E-state index in [1.165, 1.54) is 0 Å². The van der Waals surface area contributed by atoms with Gasteiger partial charge in [0.25, 0.3) is 0 Å². The van der Waals surface area contributed by atoms with Gasteiger partial charge in [-0.25, -0.2) is 0 Å². The fraction of sp³-hybridized carbons (Fsp3) is 0.462. The predicted octanol–water partition coefficient (Wildman–Crippen LogP) is 0.778. The molecule has 0 heterocycles. The van der Waals surface area contributed by atoms with E-state index >= 15 is 0 Å². The number of aliphatic hydroxyl groups excluding tert-OH is 1. The van der Waals surface area contributed by atoms with E-state index < -0.39 is 6.04 Å². The van der Waals surface area contributed by atoms with E-state index in [9.17, 15) is 4.79 Å². The molecule has 1 atom stereocenters. The van der Waals surface area contributed by atoms with Gasteiger partial charge < -0.3 is 16.2 Å². The molecule has 0 bridgehead atoms. The average molecular weight is 236 g/mol. The topological polar surface area (TPSA) is 75.4 Å². The van der Waals surface area contributed by atoms with Crippen LogP contribution < -0.4 is 11.1 Å². The van der Waals surface area contributed by atoms with Crippen molar-refractivity contribution >= 4 is 5.91 Å². The van der Waals surface area contributed by atoms with Crippen LogP contribution in [0.3, 0.4) is 0 Å². The summed E-state index contributed by atoms with van der Waals surface area (Å²) >= 11 is 0. The summed E-state index contributed by atoms with van der Waals surface area (Å²) in [7, 11) is 0. The van der Waals surface area contributed by atoms with Gasteiger partial charge in [0.15, 0.2) is 0 Å². The highest BCUT2D eigenvalue weighted by atomic mass is 16.3. The van der Waals surface area contributed by atoms with Gasteiger partial charge in [0.1, 0.15) is 0 Å². The Kier molecular flexibility index (Phi) is 5.12. The number of aliphatic hydroxyl groups is 1. The molecular formula is C13H20N2O2. The van der Waals surface area contributed by atoms with Crippen LogP contribution in [0, 0.1) is 5.92 Å². The van der Waals surface area contributed by atoms with Crippen LogP contribution in [0.5, 0.6) is 0 Å². The van der Waals surface area contributed by atoms with E-state index in [1.807, 2.05) is 38.1 Å². The maximum Gasteiger partial charge on any atom is 0.237 e. The van der Waals surface area contributed by atoms with Crippen LogP contribution >= 0.6 is 0 Å². The molecule has 0 spiro atoms. The van der Waals surface area contributed by atoms with Crippen LogP contribution in [-0.2, 0) is 17.9 Å². The van der Waals surface area contributed by atoms with Crippen molar-refractivity contribution in [2.75, 3.05) is 0 Å². The Hall–Kier alpha value is -1.39. The zero-order valence-electron chi connectivity index (χ0n) is 10.3. The van der Waals surface area contributed by atoms with Crippen molar-refractivity contribution in [3.8, 4) is 0 Å². The second-order valence-corrected chi connectivity index (χ2v) is 4.46. The van der Waals surface area contributed by atoms with Gasteiger partial charge in [-0.2, -0.15) is 0 Å². The summed E-state index contributed by atoms with van der Waals surface area (Å²) < 4.78 is 0. The molecule has 0 aliphatic rings. The van der Waals surface area contributed by atoms with Crippen LogP contribution in [0.2, 0.25) is 0 Å². The molecule has 1 rings (SSSR count). The minimum absolute atomic E-state index is 0.0326. The molecule has 0 aromatic heterocycles. The van der Waals surface area contributed by atoms with Crippen molar-refractivity contribution in [2.45, 2.75) is 33.0 Å². The zero-order valence-corrected chi connectivity index (χ0v) is 10.3. The van der Waals surface area contributed by atoms with Crippen LogP contribution in [0.25, 0.3) is 0 Å². The van der Waals surface area contributed by atoms with Gasteiger partial charge in [-0.3, -0.25) is 4.79 Å². The van der Waals surface area contributed by atoms with Crippen LogP contribution in [-0.4, -0.2) is 17.1 Å². The fourth-order valence-electron chi connectivity index (χ4n) is 1.37. The lowest BCUT2D eigenvalue weighted by Gasteiger charge is -2.15. The molecule has 0 fully saturated rings. The second-order valence-electron chi connectivity index (χ2n) is 4.46. The van der Waals surface area contributed by atoms with Gasteiger partial charge in [0.2, 0.25) is 5.91 Å². The second kappa shape index (κ2) is 6.37. The van der Waals surface area contributed by atoms with E-state index in [4.69, 9.17) is 10.8 Å². The van der Waals surface area contributed by atoms with Crippen molar-refractivity contribution in [2.24, 2.45) is 11.7 Å². The van der Waals surface area contributed by atoms with Gasteiger partial charge in [-0.1, -0.05) is 38.1 Å². The average Bonchev–Trinajstić information content (AvgIpc) is 2.35. The van der Waals surface area contributed by atoms with Gasteiger partial charge in [0, 0.05) is 6.54 Å². The minimum atomic E-state index is -0.466. The standard InChI is InChI=1S/C13H20N2O2/c1-9(2)12(14)13(17)15-7-10-3-5-11(8-16)6-4-10/h3-6,9,12,16H,7-8,14H2,1-2H3,(H,15,17)/t12-/m0/s1. The van der Waals surface area contributed by atoms with Crippen molar-refractivity contribution in [1.82, 2.24) is 5.32 Å². The van der Waals surface area contributed by atoms with Gasteiger partial charge in [-0.05, 0) is 17.0 Å². The first-order chi connectivity index (χ1) is 8.04. The molecular weight excluding hydrogens is 216 g/mol. The summed E-state index contributed by atoms with van der Waals surface area (Å²) in [5.41, 5.74) is 7.58. The molecule has 4 heteroatoms. The lowest BCUT2D eigenvalue weighted by atomic mass is 10.0. The first-order valence-corrected chi connectivity index (χ1v) is 5.76. The number of hydrogen-bond acceptors (Lipinski definition) is 3. The van der Waals surface area contributed by atoms with Crippen molar-refractivity contribution in [1.29, 1.82) is 0 Å². The summed E-state index contributed by atoms with van der Waals surface area (Å²) in [4.78, 5) is 11.6. The number of rotatable bonds is 5. The predicted molar refractivity (Wildman–Crippen MR) is 67.0 cm³/mol. The van der Waals surface area contributed by atoms with Gasteiger partial charge in [-0.15, -0.1) is 0 Å². The Balaban J connectivity index is 2.47. The zero-order chi connectivity index (χ0) is 12.8. The molecule has 0 aliphatic carbocycles. The molecule has 0 unspecified atom stereocenters. The van der Waals surface area contributed by atoms with E-state index in [0.29, 0.717) is 6.54 Å². The Bertz CT molecular complexity index is 360. The highest BCUT2D eigenvalue weighted by Gasteiger charge is 2.16. The smallest absolute Gasteiger partial charge is 0.237 e. The summed E-state index contributed by atoms with van der Waals surface area (Å²) in [6.45, 7) is 4.33. The molecule has 4 N–H and O–H groups in total. The van der Waals surface area contributed by atoms with Gasteiger partial charge >= 0.3 is 0 Å². The summed E-state index contributed by atoms with van der Waals surface area (Å²) in [5, 5.41) is 11.7. The molecule has 1 aromatic carbocycles. The molecule has 0 saturated carbocycles.